The second-order valence-corrected chi connectivity index (χ2v) is 8.40. The quantitative estimate of drug-likeness (QED) is 0.351. The lowest BCUT2D eigenvalue weighted by Gasteiger charge is -2.45. The molecular weight excluding hydrogens is 366 g/mol. The SMILES string of the molecule is [2H]NC1NC(NC2CC3CCOC3C(C3=CCNCCC3)C2F)NC(NC)C1F. The largest absolute Gasteiger partial charge is 0.377 e. The summed E-state index contributed by atoms with van der Waals surface area (Å²) in [6.45, 7) is 2.42. The van der Waals surface area contributed by atoms with Gasteiger partial charge in [0.1, 0.15) is 13.9 Å². The van der Waals surface area contributed by atoms with Crippen molar-refractivity contribution in [3.63, 3.8) is 0 Å². The van der Waals surface area contributed by atoms with Crippen LogP contribution in [0, 0.1) is 11.8 Å². The molecular formula is C19H34F2N6O. The van der Waals surface area contributed by atoms with E-state index in [1.54, 1.807) is 7.05 Å². The van der Waals surface area contributed by atoms with Crippen molar-refractivity contribution in [1.82, 2.24) is 26.6 Å². The fraction of sp³-hybridized carbons (Fsp3) is 0.895. The van der Waals surface area contributed by atoms with Gasteiger partial charge in [0.15, 0.2) is 6.17 Å². The summed E-state index contributed by atoms with van der Waals surface area (Å²) in [6, 6.07) is -0.370. The Hall–Kier alpha value is -0.680. The van der Waals surface area contributed by atoms with Crippen molar-refractivity contribution < 1.29 is 14.9 Å². The Morgan fingerprint density at radius 2 is 2.21 bits per heavy atom. The molecule has 9 atom stereocenters. The van der Waals surface area contributed by atoms with Crippen LogP contribution in [0.1, 0.15) is 25.7 Å². The van der Waals surface area contributed by atoms with Crippen LogP contribution in [-0.2, 0) is 4.74 Å². The van der Waals surface area contributed by atoms with Gasteiger partial charge in [0.2, 0.25) is 0 Å². The van der Waals surface area contributed by atoms with Crippen LogP contribution in [0.3, 0.4) is 0 Å². The highest BCUT2D eigenvalue weighted by molar-refractivity contribution is 5.18. The Morgan fingerprint density at radius 3 is 3.04 bits per heavy atom. The van der Waals surface area contributed by atoms with Crippen LogP contribution in [0.2, 0.25) is 1.41 Å². The molecule has 4 rings (SSSR count). The maximum absolute atomic E-state index is 15.9. The Kier molecular flexibility index (Phi) is 6.20. The standard InChI is InChI=1S/C19H34F2N6O/c1-23-18-15(21)17(22)26-19(27-18)25-12-9-11-5-8-28-16(11)13(14(12)20)10-3-2-6-24-7-4-10/h4,11-19,23-27H,2-3,5-9,22H2,1H3/i/hD. The van der Waals surface area contributed by atoms with Crippen molar-refractivity contribution in [3.8, 4) is 0 Å². The molecule has 0 radical (unpaired) electrons. The first-order chi connectivity index (χ1) is 14.1. The molecule has 4 aliphatic rings. The smallest absolute Gasteiger partial charge is 0.157 e. The molecule has 3 fully saturated rings. The van der Waals surface area contributed by atoms with Gasteiger partial charge in [-0.05, 0) is 45.2 Å². The average Bonchev–Trinajstić information content (AvgIpc) is 3.02. The van der Waals surface area contributed by atoms with Gasteiger partial charge < -0.3 is 21.1 Å². The van der Waals surface area contributed by atoms with Crippen LogP contribution >= 0.6 is 0 Å². The number of rotatable bonds is 5. The van der Waals surface area contributed by atoms with E-state index in [1.165, 1.54) is 0 Å². The van der Waals surface area contributed by atoms with Crippen LogP contribution in [0.15, 0.2) is 11.6 Å². The van der Waals surface area contributed by atoms with Crippen molar-refractivity contribution in [1.29, 1.82) is 0 Å². The lowest BCUT2D eigenvalue weighted by atomic mass is 9.71. The zero-order valence-corrected chi connectivity index (χ0v) is 16.4. The number of fused-ring (bicyclic) bond motifs is 1. The number of nitrogens with one attached hydrogen (secondary N) is 5. The summed E-state index contributed by atoms with van der Waals surface area (Å²) in [5.41, 5.74) is 3.38. The molecule has 160 valence electrons. The lowest BCUT2D eigenvalue weighted by Crippen LogP contribution is -2.75. The molecule has 3 aliphatic heterocycles. The summed E-state index contributed by atoms with van der Waals surface area (Å²) >= 11 is 0. The molecule has 0 aromatic rings. The van der Waals surface area contributed by atoms with Gasteiger partial charge in [-0.25, -0.2) is 8.78 Å². The highest BCUT2D eigenvalue weighted by atomic mass is 19.1. The summed E-state index contributed by atoms with van der Waals surface area (Å²) in [5, 5.41) is 15.6. The first-order valence-electron chi connectivity index (χ1n) is 11.0. The van der Waals surface area contributed by atoms with E-state index in [2.05, 4.69) is 38.4 Å². The van der Waals surface area contributed by atoms with Gasteiger partial charge in [-0.1, -0.05) is 11.6 Å². The number of hydrogen-bond acceptors (Lipinski definition) is 7. The number of nitrogens with two attached hydrogens (primary N) is 1. The highest BCUT2D eigenvalue weighted by Crippen LogP contribution is 2.44. The Labute approximate surface area is 167 Å². The molecule has 0 bridgehead atoms. The average molecular weight is 402 g/mol. The van der Waals surface area contributed by atoms with Crippen molar-refractivity contribution in [2.24, 2.45) is 17.6 Å². The molecule has 3 heterocycles. The van der Waals surface area contributed by atoms with Crippen LogP contribution in [-0.4, -0.2) is 69.9 Å². The molecule has 7 N–H and O–H groups in total. The molecule has 0 aromatic heterocycles. The molecule has 1 aliphatic carbocycles. The van der Waals surface area contributed by atoms with E-state index in [-0.39, 0.29) is 18.1 Å². The molecule has 2 saturated heterocycles. The normalized spacial score (nSPS) is 47.8. The molecule has 1 saturated carbocycles. The number of hydrogen-bond donors (Lipinski definition) is 6. The second-order valence-electron chi connectivity index (χ2n) is 8.40. The van der Waals surface area contributed by atoms with Gasteiger partial charge in [-0.2, -0.15) is 0 Å². The first-order valence-corrected chi connectivity index (χ1v) is 10.5. The van der Waals surface area contributed by atoms with Gasteiger partial charge in [0.05, 0.1) is 18.4 Å². The van der Waals surface area contributed by atoms with E-state index in [9.17, 15) is 4.39 Å². The maximum Gasteiger partial charge on any atom is 0.157 e. The van der Waals surface area contributed by atoms with Crippen LogP contribution in [0.4, 0.5) is 8.78 Å². The molecule has 0 amide bonds. The Morgan fingerprint density at radius 1 is 1.32 bits per heavy atom. The zero-order valence-electron chi connectivity index (χ0n) is 17.4. The van der Waals surface area contributed by atoms with E-state index < -0.39 is 31.0 Å². The first kappa shape index (κ1) is 19.3. The topological polar surface area (TPSA) is 95.4 Å². The minimum absolute atomic E-state index is 0.0531. The highest BCUT2D eigenvalue weighted by Gasteiger charge is 2.50. The minimum atomic E-state index is -1.33. The van der Waals surface area contributed by atoms with Crippen LogP contribution in [0.25, 0.3) is 0 Å². The fourth-order valence-electron chi connectivity index (χ4n) is 5.23. The summed E-state index contributed by atoms with van der Waals surface area (Å²) in [7, 11) is 1.66. The fourth-order valence-corrected chi connectivity index (χ4v) is 5.23. The lowest BCUT2D eigenvalue weighted by molar-refractivity contribution is -0.0284. The number of ether oxygens (including phenoxy) is 1. The van der Waals surface area contributed by atoms with E-state index >= 15 is 4.39 Å². The van der Waals surface area contributed by atoms with E-state index in [4.69, 9.17) is 6.15 Å². The predicted octanol–water partition coefficient (Wildman–Crippen LogP) is -0.338. The van der Waals surface area contributed by atoms with Gasteiger partial charge in [-0.3, -0.25) is 16.0 Å². The van der Waals surface area contributed by atoms with Crippen LogP contribution in [0.5, 0.6) is 0 Å². The third-order valence-corrected chi connectivity index (χ3v) is 6.68. The molecule has 28 heavy (non-hydrogen) atoms. The van der Waals surface area contributed by atoms with Gasteiger partial charge in [0, 0.05) is 25.1 Å². The van der Waals surface area contributed by atoms with Crippen molar-refractivity contribution >= 4 is 0 Å². The van der Waals surface area contributed by atoms with Crippen molar-refractivity contribution in [2.75, 3.05) is 26.7 Å². The summed E-state index contributed by atoms with van der Waals surface area (Å²) in [4.78, 5) is 0. The van der Waals surface area contributed by atoms with Gasteiger partial charge >= 0.3 is 0 Å². The zero-order chi connectivity index (χ0) is 20.4. The molecule has 0 aromatic carbocycles. The maximum atomic E-state index is 15.9. The summed E-state index contributed by atoms with van der Waals surface area (Å²) < 4.78 is 43.6. The monoisotopic (exact) mass is 401 g/mol. The van der Waals surface area contributed by atoms with Gasteiger partial charge in [0.25, 0.3) is 0 Å². The summed E-state index contributed by atoms with van der Waals surface area (Å²) in [5.74, 6) is 0.0840. The third kappa shape index (κ3) is 4.12. The molecule has 7 nitrogen and oxygen atoms in total. The van der Waals surface area contributed by atoms with Gasteiger partial charge in [-0.15, -0.1) is 0 Å². The van der Waals surface area contributed by atoms with E-state index in [0.29, 0.717) is 18.9 Å². The van der Waals surface area contributed by atoms with Crippen LogP contribution < -0.4 is 32.3 Å². The predicted molar refractivity (Wildman–Crippen MR) is 104 cm³/mol. The third-order valence-electron chi connectivity index (χ3n) is 6.68. The Balaban J connectivity index is 1.49. The van der Waals surface area contributed by atoms with Crippen molar-refractivity contribution in [2.45, 2.75) is 68.8 Å². The Bertz CT molecular complexity index is 573. The summed E-state index contributed by atoms with van der Waals surface area (Å²) in [6.07, 6.45) is 1.25. The molecule has 9 unspecified atom stereocenters. The molecule has 0 spiro atoms. The number of halogens is 2. The van der Waals surface area contributed by atoms with E-state index in [0.717, 1.165) is 37.9 Å². The second kappa shape index (κ2) is 8.99. The number of alkyl halides is 2. The minimum Gasteiger partial charge on any atom is -0.377 e. The molecule has 9 heteroatoms. The van der Waals surface area contributed by atoms with E-state index in [1.807, 2.05) is 0 Å². The van der Waals surface area contributed by atoms with Crippen molar-refractivity contribution in [3.05, 3.63) is 11.6 Å².